The van der Waals surface area contributed by atoms with Crippen molar-refractivity contribution < 1.29 is 0 Å². The Hall–Kier alpha value is -0.920. The van der Waals surface area contributed by atoms with Crippen molar-refractivity contribution in [3.05, 3.63) is 23.0 Å². The van der Waals surface area contributed by atoms with Gasteiger partial charge >= 0.3 is 0 Å². The second kappa shape index (κ2) is 3.34. The Morgan fingerprint density at radius 3 is 3.14 bits per heavy atom. The molecule has 0 aromatic carbocycles. The Labute approximate surface area is 85.5 Å². The number of hydrogen-bond donors (Lipinski definition) is 2. The smallest absolute Gasteiger partial charge is 0.0843 e. The molecule has 2 nitrogen and oxygen atoms in total. The summed E-state index contributed by atoms with van der Waals surface area (Å²) < 4.78 is 0. The maximum absolute atomic E-state index is 3.39. The quantitative estimate of drug-likeness (QED) is 0.653. The molecule has 0 spiro atoms. The highest BCUT2D eigenvalue weighted by Gasteiger charge is 2.29. The van der Waals surface area contributed by atoms with Crippen LogP contribution in [0.1, 0.15) is 38.5 Å². The topological polar surface area (TPSA) is 24.1 Å². The molecule has 0 radical (unpaired) electrons. The van der Waals surface area contributed by atoms with Crippen LogP contribution in [-0.4, -0.2) is 6.67 Å². The fraction of sp³-hybridized carbons (Fsp3) is 0.667. The number of allylic oxidation sites excluding steroid dienone is 3. The molecule has 3 rings (SSSR count). The highest BCUT2D eigenvalue weighted by molar-refractivity contribution is 5.28. The van der Waals surface area contributed by atoms with Crippen molar-refractivity contribution in [3.8, 4) is 0 Å². The van der Waals surface area contributed by atoms with Crippen LogP contribution in [0.5, 0.6) is 0 Å². The molecule has 0 saturated carbocycles. The first kappa shape index (κ1) is 8.39. The molecule has 1 heterocycles. The summed E-state index contributed by atoms with van der Waals surface area (Å²) in [7, 11) is 0. The summed E-state index contributed by atoms with van der Waals surface area (Å²) in [6.07, 6.45) is 10.4. The molecule has 0 aromatic rings. The van der Waals surface area contributed by atoms with E-state index < -0.39 is 0 Å². The van der Waals surface area contributed by atoms with Crippen LogP contribution >= 0.6 is 0 Å². The molecule has 0 fully saturated rings. The van der Waals surface area contributed by atoms with Gasteiger partial charge in [-0.3, -0.25) is 0 Å². The first-order valence-electron chi connectivity index (χ1n) is 5.80. The van der Waals surface area contributed by atoms with Gasteiger partial charge in [-0.1, -0.05) is 11.1 Å². The lowest BCUT2D eigenvalue weighted by Gasteiger charge is -2.14. The molecule has 2 heteroatoms. The van der Waals surface area contributed by atoms with E-state index in [1.807, 2.05) is 5.57 Å². The van der Waals surface area contributed by atoms with Gasteiger partial charge in [0.25, 0.3) is 0 Å². The lowest BCUT2D eigenvalue weighted by Crippen LogP contribution is -2.15. The van der Waals surface area contributed by atoms with Gasteiger partial charge in [-0.15, -0.1) is 0 Å². The van der Waals surface area contributed by atoms with Gasteiger partial charge in [0.15, 0.2) is 0 Å². The van der Waals surface area contributed by atoms with Crippen LogP contribution in [0.2, 0.25) is 0 Å². The zero-order chi connectivity index (χ0) is 9.38. The molecule has 1 unspecified atom stereocenters. The Morgan fingerprint density at radius 1 is 1.29 bits per heavy atom. The lowest BCUT2D eigenvalue weighted by atomic mass is 9.94. The highest BCUT2D eigenvalue weighted by Crippen LogP contribution is 2.44. The van der Waals surface area contributed by atoms with E-state index in [1.165, 1.54) is 44.2 Å². The molecule has 76 valence electrons. The van der Waals surface area contributed by atoms with Gasteiger partial charge in [0.05, 0.1) is 6.67 Å². The van der Waals surface area contributed by atoms with E-state index >= 15 is 0 Å². The van der Waals surface area contributed by atoms with Crippen molar-refractivity contribution in [1.82, 2.24) is 10.6 Å². The minimum atomic E-state index is 0.867. The summed E-state index contributed by atoms with van der Waals surface area (Å²) in [5, 5.41) is 6.61. The molecular weight excluding hydrogens is 172 g/mol. The summed E-state index contributed by atoms with van der Waals surface area (Å²) in [5.41, 5.74) is 5.04. The Balaban J connectivity index is 1.68. The average molecular weight is 190 g/mol. The van der Waals surface area contributed by atoms with Gasteiger partial charge < -0.3 is 10.6 Å². The van der Waals surface area contributed by atoms with Gasteiger partial charge in [0.1, 0.15) is 0 Å². The van der Waals surface area contributed by atoms with Crippen LogP contribution in [0.4, 0.5) is 0 Å². The molecule has 0 saturated heterocycles. The van der Waals surface area contributed by atoms with E-state index in [4.69, 9.17) is 0 Å². The molecule has 0 amide bonds. The molecule has 1 atom stereocenters. The van der Waals surface area contributed by atoms with Crippen molar-refractivity contribution >= 4 is 0 Å². The Kier molecular flexibility index (Phi) is 2.00. The first-order chi connectivity index (χ1) is 6.93. The zero-order valence-corrected chi connectivity index (χ0v) is 8.60. The number of hydrogen-bond acceptors (Lipinski definition) is 2. The first-order valence-corrected chi connectivity index (χ1v) is 5.80. The maximum atomic E-state index is 3.39. The van der Waals surface area contributed by atoms with E-state index in [0.717, 1.165) is 12.6 Å². The van der Waals surface area contributed by atoms with Gasteiger partial charge in [0, 0.05) is 11.9 Å². The Bertz CT molecular complexity index is 301. The van der Waals surface area contributed by atoms with Crippen molar-refractivity contribution in [2.24, 2.45) is 5.92 Å². The van der Waals surface area contributed by atoms with Crippen molar-refractivity contribution in [2.45, 2.75) is 38.5 Å². The second-order valence-corrected chi connectivity index (χ2v) is 4.65. The molecular formula is C12H18N2. The predicted octanol–water partition coefficient (Wildman–Crippen LogP) is 2.26. The third-order valence-electron chi connectivity index (χ3n) is 3.83. The number of nitrogens with one attached hydrogen (secondary N) is 2. The molecule has 14 heavy (non-hydrogen) atoms. The largest absolute Gasteiger partial charge is 0.372 e. The fourth-order valence-electron chi connectivity index (χ4n) is 3.14. The van der Waals surface area contributed by atoms with Crippen molar-refractivity contribution in [2.75, 3.05) is 6.67 Å². The van der Waals surface area contributed by atoms with E-state index in [-0.39, 0.29) is 0 Å². The molecule has 0 bridgehead atoms. The number of rotatable bonds is 2. The lowest BCUT2D eigenvalue weighted by molar-refractivity contribution is 0.554. The van der Waals surface area contributed by atoms with E-state index in [0.29, 0.717) is 0 Å². The predicted molar refractivity (Wildman–Crippen MR) is 57.4 cm³/mol. The summed E-state index contributed by atoms with van der Waals surface area (Å²) in [5.74, 6) is 0.867. The summed E-state index contributed by atoms with van der Waals surface area (Å²) >= 11 is 0. The van der Waals surface area contributed by atoms with Crippen LogP contribution in [0, 0.1) is 5.92 Å². The SMILES string of the molecule is C1=C(CC2CCC3=C2CCC3)NCN1. The fourth-order valence-corrected chi connectivity index (χ4v) is 3.14. The maximum Gasteiger partial charge on any atom is 0.0843 e. The van der Waals surface area contributed by atoms with Crippen LogP contribution in [0.25, 0.3) is 0 Å². The summed E-state index contributed by atoms with van der Waals surface area (Å²) in [6.45, 7) is 0.925. The molecule has 3 aliphatic rings. The molecule has 0 aromatic heterocycles. The van der Waals surface area contributed by atoms with Crippen LogP contribution in [0.3, 0.4) is 0 Å². The normalized spacial score (nSPS) is 30.0. The monoisotopic (exact) mass is 190 g/mol. The molecule has 2 aliphatic carbocycles. The highest BCUT2D eigenvalue weighted by atomic mass is 15.1. The van der Waals surface area contributed by atoms with Gasteiger partial charge in [0.2, 0.25) is 0 Å². The summed E-state index contributed by atoms with van der Waals surface area (Å²) in [6, 6.07) is 0. The van der Waals surface area contributed by atoms with Gasteiger partial charge in [-0.2, -0.15) is 0 Å². The van der Waals surface area contributed by atoms with E-state index in [2.05, 4.69) is 16.8 Å². The van der Waals surface area contributed by atoms with Crippen molar-refractivity contribution in [1.29, 1.82) is 0 Å². The van der Waals surface area contributed by atoms with Crippen molar-refractivity contribution in [3.63, 3.8) is 0 Å². The Morgan fingerprint density at radius 2 is 2.29 bits per heavy atom. The van der Waals surface area contributed by atoms with E-state index in [9.17, 15) is 0 Å². The minimum absolute atomic E-state index is 0.867. The third kappa shape index (κ3) is 1.33. The van der Waals surface area contributed by atoms with Crippen LogP contribution in [0.15, 0.2) is 23.0 Å². The van der Waals surface area contributed by atoms with Gasteiger partial charge in [-0.25, -0.2) is 0 Å². The summed E-state index contributed by atoms with van der Waals surface area (Å²) in [4.78, 5) is 0. The van der Waals surface area contributed by atoms with E-state index in [1.54, 1.807) is 5.57 Å². The average Bonchev–Trinajstić information content (AvgIpc) is 2.85. The standard InChI is InChI=1S/C12H18N2/c1-2-9-4-5-10(12(9)3-1)6-11-7-13-8-14-11/h7,10,13-14H,1-6,8H2. The molecule has 1 aliphatic heterocycles. The zero-order valence-electron chi connectivity index (χ0n) is 8.60. The van der Waals surface area contributed by atoms with Gasteiger partial charge in [-0.05, 0) is 44.4 Å². The second-order valence-electron chi connectivity index (χ2n) is 4.65. The van der Waals surface area contributed by atoms with Crippen LogP contribution < -0.4 is 10.6 Å². The minimum Gasteiger partial charge on any atom is -0.372 e. The van der Waals surface area contributed by atoms with Crippen LogP contribution in [-0.2, 0) is 0 Å². The third-order valence-corrected chi connectivity index (χ3v) is 3.83. The molecule has 2 N–H and O–H groups in total.